The van der Waals surface area contributed by atoms with Gasteiger partial charge in [-0.1, -0.05) is 0 Å². The molecule has 2 N–H and O–H groups in total. The molecule has 0 radical (unpaired) electrons. The lowest BCUT2D eigenvalue weighted by atomic mass is 10.1. The quantitative estimate of drug-likeness (QED) is 0.768. The summed E-state index contributed by atoms with van der Waals surface area (Å²) in [5, 5.41) is 0. The summed E-state index contributed by atoms with van der Waals surface area (Å²) in [5.41, 5.74) is 5.73. The van der Waals surface area contributed by atoms with E-state index in [2.05, 4.69) is 0 Å². The Hall–Kier alpha value is -1.29. The van der Waals surface area contributed by atoms with Gasteiger partial charge in [-0.05, 0) is 19.1 Å². The fourth-order valence-corrected chi connectivity index (χ4v) is 1.17. The van der Waals surface area contributed by atoms with Crippen LogP contribution in [0.5, 0.6) is 0 Å². The van der Waals surface area contributed by atoms with Crippen LogP contribution in [0.25, 0.3) is 0 Å². The van der Waals surface area contributed by atoms with Crippen LogP contribution in [0.4, 0.5) is 0 Å². The minimum Gasteiger partial charge on any atom is -0.469 e. The fourth-order valence-electron chi connectivity index (χ4n) is 1.17. The fraction of sp³-hybridized carbons (Fsp3) is 0.500. The van der Waals surface area contributed by atoms with Crippen LogP contribution in [0.15, 0.2) is 22.8 Å². The maximum atomic E-state index is 11.6. The highest BCUT2D eigenvalue weighted by atomic mass is 16.3. The zero-order valence-corrected chi connectivity index (χ0v) is 8.56. The summed E-state index contributed by atoms with van der Waals surface area (Å²) >= 11 is 0. The van der Waals surface area contributed by atoms with Gasteiger partial charge in [0.25, 0.3) is 0 Å². The van der Waals surface area contributed by atoms with Crippen molar-refractivity contribution in [1.29, 1.82) is 0 Å². The zero-order valence-electron chi connectivity index (χ0n) is 8.56. The highest BCUT2D eigenvalue weighted by Crippen LogP contribution is 2.04. The van der Waals surface area contributed by atoms with Crippen molar-refractivity contribution in [2.45, 2.75) is 19.4 Å². The van der Waals surface area contributed by atoms with E-state index in [-0.39, 0.29) is 5.91 Å². The minimum atomic E-state index is -0.508. The van der Waals surface area contributed by atoms with E-state index in [4.69, 9.17) is 10.2 Å². The lowest BCUT2D eigenvalue weighted by Gasteiger charge is -2.18. The zero-order chi connectivity index (χ0) is 10.6. The Labute approximate surface area is 83.7 Å². The van der Waals surface area contributed by atoms with Gasteiger partial charge in [-0.25, -0.2) is 0 Å². The third kappa shape index (κ3) is 2.60. The van der Waals surface area contributed by atoms with E-state index in [1.807, 2.05) is 13.0 Å². The predicted molar refractivity (Wildman–Crippen MR) is 53.7 cm³/mol. The van der Waals surface area contributed by atoms with E-state index < -0.39 is 6.04 Å². The largest absolute Gasteiger partial charge is 0.469 e. The first-order valence-corrected chi connectivity index (χ1v) is 4.68. The van der Waals surface area contributed by atoms with Gasteiger partial charge in [0.05, 0.1) is 12.3 Å². The van der Waals surface area contributed by atoms with Crippen LogP contribution in [0.3, 0.4) is 0 Å². The maximum absolute atomic E-state index is 11.6. The highest BCUT2D eigenvalue weighted by molar-refractivity contribution is 5.81. The number of nitrogens with two attached hydrogens (primary N) is 1. The molecule has 0 aliphatic rings. The van der Waals surface area contributed by atoms with Crippen molar-refractivity contribution in [1.82, 2.24) is 4.90 Å². The molecule has 1 unspecified atom stereocenters. The van der Waals surface area contributed by atoms with Crippen molar-refractivity contribution < 1.29 is 9.21 Å². The second-order valence-corrected chi connectivity index (χ2v) is 3.24. The smallest absolute Gasteiger partial charge is 0.239 e. The molecule has 1 heterocycles. The number of hydrogen-bond donors (Lipinski definition) is 1. The molecule has 0 saturated heterocycles. The van der Waals surface area contributed by atoms with E-state index in [0.717, 1.165) is 5.76 Å². The minimum absolute atomic E-state index is 0.0519. The average Bonchev–Trinajstić information content (AvgIpc) is 2.68. The van der Waals surface area contributed by atoms with Gasteiger partial charge in [0.1, 0.15) is 5.76 Å². The molecule has 14 heavy (non-hydrogen) atoms. The van der Waals surface area contributed by atoms with Crippen LogP contribution in [0.1, 0.15) is 12.7 Å². The molecule has 1 aromatic heterocycles. The topological polar surface area (TPSA) is 59.5 Å². The lowest BCUT2D eigenvalue weighted by Crippen LogP contribution is -2.42. The van der Waals surface area contributed by atoms with E-state index in [1.165, 1.54) is 0 Å². The molecule has 1 atom stereocenters. The molecule has 0 saturated carbocycles. The normalized spacial score (nSPS) is 12.5. The molecule has 0 bridgehead atoms. The standard InChI is InChI=1S/C10H16N2O2/c1-3-12(2)10(13)9(11)7-8-5-4-6-14-8/h4-6,9H,3,7,11H2,1-2H3. The van der Waals surface area contributed by atoms with Gasteiger partial charge in [-0.3, -0.25) is 4.79 Å². The summed E-state index contributed by atoms with van der Waals surface area (Å²) < 4.78 is 5.12. The Morgan fingerprint density at radius 3 is 2.93 bits per heavy atom. The van der Waals surface area contributed by atoms with Crippen LogP contribution < -0.4 is 5.73 Å². The number of carbonyl (C=O) groups is 1. The molecule has 1 aromatic rings. The van der Waals surface area contributed by atoms with Crippen LogP contribution >= 0.6 is 0 Å². The molecule has 0 spiro atoms. The number of nitrogens with zero attached hydrogens (tertiary/aromatic N) is 1. The van der Waals surface area contributed by atoms with Crippen LogP contribution in [-0.4, -0.2) is 30.4 Å². The average molecular weight is 196 g/mol. The predicted octanol–water partition coefficient (Wildman–Crippen LogP) is 0.628. The van der Waals surface area contributed by atoms with Gasteiger partial charge in [-0.15, -0.1) is 0 Å². The highest BCUT2D eigenvalue weighted by Gasteiger charge is 2.18. The van der Waals surface area contributed by atoms with Crippen LogP contribution in [0.2, 0.25) is 0 Å². The molecule has 4 heteroatoms. The van der Waals surface area contributed by atoms with E-state index in [1.54, 1.807) is 24.3 Å². The van der Waals surface area contributed by atoms with Gasteiger partial charge >= 0.3 is 0 Å². The van der Waals surface area contributed by atoms with E-state index in [9.17, 15) is 4.79 Å². The Morgan fingerprint density at radius 1 is 1.71 bits per heavy atom. The molecule has 0 aromatic carbocycles. The first-order valence-electron chi connectivity index (χ1n) is 4.68. The molecule has 1 amide bonds. The molecule has 4 nitrogen and oxygen atoms in total. The number of likely N-dealkylation sites (N-methyl/N-ethyl adjacent to an activating group) is 1. The van der Waals surface area contributed by atoms with Crippen molar-refractivity contribution in [2.75, 3.05) is 13.6 Å². The molecule has 0 aliphatic carbocycles. The summed E-state index contributed by atoms with van der Waals surface area (Å²) in [6.45, 7) is 2.59. The summed E-state index contributed by atoms with van der Waals surface area (Å²) in [5.74, 6) is 0.694. The first-order chi connectivity index (χ1) is 6.65. The third-order valence-electron chi connectivity index (χ3n) is 2.17. The summed E-state index contributed by atoms with van der Waals surface area (Å²) in [4.78, 5) is 13.2. The lowest BCUT2D eigenvalue weighted by molar-refractivity contribution is -0.131. The second kappa shape index (κ2) is 4.81. The SMILES string of the molecule is CCN(C)C(=O)C(N)Cc1ccco1. The molecular formula is C10H16N2O2. The Kier molecular flexibility index (Phi) is 3.71. The second-order valence-electron chi connectivity index (χ2n) is 3.24. The van der Waals surface area contributed by atoms with Crippen LogP contribution in [-0.2, 0) is 11.2 Å². The number of furan rings is 1. The molecule has 0 fully saturated rings. The van der Waals surface area contributed by atoms with Crippen molar-refractivity contribution in [3.63, 3.8) is 0 Å². The van der Waals surface area contributed by atoms with Crippen molar-refractivity contribution in [3.05, 3.63) is 24.2 Å². The first kappa shape index (κ1) is 10.8. The van der Waals surface area contributed by atoms with Gasteiger partial charge < -0.3 is 15.1 Å². The van der Waals surface area contributed by atoms with Crippen molar-refractivity contribution >= 4 is 5.91 Å². The Morgan fingerprint density at radius 2 is 2.43 bits per heavy atom. The van der Waals surface area contributed by atoms with Gasteiger partial charge in [-0.2, -0.15) is 0 Å². The molecule has 78 valence electrons. The van der Waals surface area contributed by atoms with Gasteiger partial charge in [0.2, 0.25) is 5.91 Å². The molecule has 1 rings (SSSR count). The van der Waals surface area contributed by atoms with Gasteiger partial charge in [0, 0.05) is 20.0 Å². The number of rotatable bonds is 4. The van der Waals surface area contributed by atoms with E-state index in [0.29, 0.717) is 13.0 Å². The summed E-state index contributed by atoms with van der Waals surface area (Å²) in [7, 11) is 1.74. The Bertz CT molecular complexity index is 282. The number of carbonyl (C=O) groups excluding carboxylic acids is 1. The maximum Gasteiger partial charge on any atom is 0.239 e. The van der Waals surface area contributed by atoms with Crippen LogP contribution in [0, 0.1) is 0 Å². The van der Waals surface area contributed by atoms with Crippen molar-refractivity contribution in [3.8, 4) is 0 Å². The Balaban J connectivity index is 2.50. The number of amides is 1. The van der Waals surface area contributed by atoms with Crippen molar-refractivity contribution in [2.24, 2.45) is 5.73 Å². The number of hydrogen-bond acceptors (Lipinski definition) is 3. The molecule has 0 aliphatic heterocycles. The summed E-state index contributed by atoms with van der Waals surface area (Å²) in [6.07, 6.45) is 2.03. The summed E-state index contributed by atoms with van der Waals surface area (Å²) in [6, 6.07) is 3.10. The van der Waals surface area contributed by atoms with Gasteiger partial charge in [0.15, 0.2) is 0 Å². The monoisotopic (exact) mass is 196 g/mol. The molecular weight excluding hydrogens is 180 g/mol. The van der Waals surface area contributed by atoms with E-state index >= 15 is 0 Å². The third-order valence-corrected chi connectivity index (χ3v) is 2.17.